The Morgan fingerprint density at radius 3 is 1.83 bits per heavy atom. The van der Waals surface area contributed by atoms with E-state index in [0.717, 1.165) is 0 Å². The van der Waals surface area contributed by atoms with Gasteiger partial charge in [-0.1, -0.05) is 0 Å². The van der Waals surface area contributed by atoms with Gasteiger partial charge in [-0.15, -0.1) is 0 Å². The number of hydrogen-bond donors (Lipinski definition) is 8. The van der Waals surface area contributed by atoms with Gasteiger partial charge in [0.15, 0.2) is 12.6 Å². The van der Waals surface area contributed by atoms with Gasteiger partial charge >= 0.3 is 0 Å². The summed E-state index contributed by atoms with van der Waals surface area (Å²) in [7, 11) is 0. The molecule has 11 nitrogen and oxygen atoms in total. The molecule has 0 aromatic rings. The summed E-state index contributed by atoms with van der Waals surface area (Å²) in [6.07, 6.45) is -15.6. The van der Waals surface area contributed by atoms with Crippen LogP contribution in [0.4, 0.5) is 0 Å². The van der Waals surface area contributed by atoms with Gasteiger partial charge in [-0.3, -0.25) is 0 Å². The standard InChI is InChI=1S/C12H22O11/c13-1-3-5(15)6(16)9(19)12(22-3)23-10-4(2-14)21-11(20)8(18)7(10)17/h3-20H,1-2H2/t3-,4-,5+,6+,7+,8-,9-,10-,11-,12+/m1/s1. The Kier molecular flexibility index (Phi) is 6.27. The second-order valence-electron chi connectivity index (χ2n) is 5.53. The van der Waals surface area contributed by atoms with Gasteiger partial charge < -0.3 is 55.1 Å². The second-order valence-corrected chi connectivity index (χ2v) is 5.53. The van der Waals surface area contributed by atoms with Gasteiger partial charge in [0.05, 0.1) is 13.2 Å². The molecule has 0 aliphatic carbocycles. The third-order valence-corrected chi connectivity index (χ3v) is 3.98. The summed E-state index contributed by atoms with van der Waals surface area (Å²) < 4.78 is 15.3. The van der Waals surface area contributed by atoms with E-state index >= 15 is 0 Å². The van der Waals surface area contributed by atoms with Gasteiger partial charge in [0.2, 0.25) is 0 Å². The van der Waals surface area contributed by atoms with Crippen LogP contribution in [-0.2, 0) is 14.2 Å². The van der Waals surface area contributed by atoms with Crippen molar-refractivity contribution in [2.75, 3.05) is 13.2 Å². The third kappa shape index (κ3) is 3.65. The average molecular weight is 342 g/mol. The number of aliphatic hydroxyl groups excluding tert-OH is 8. The first kappa shape index (κ1) is 18.9. The zero-order valence-corrected chi connectivity index (χ0v) is 12.0. The molecule has 0 spiro atoms. The molecule has 0 radical (unpaired) electrons. The first-order valence-corrected chi connectivity index (χ1v) is 7.08. The first-order valence-electron chi connectivity index (χ1n) is 7.08. The van der Waals surface area contributed by atoms with Crippen LogP contribution in [0.15, 0.2) is 0 Å². The molecule has 10 atom stereocenters. The van der Waals surface area contributed by atoms with Crippen molar-refractivity contribution in [2.45, 2.75) is 61.4 Å². The molecule has 0 amide bonds. The topological polar surface area (TPSA) is 190 Å². The Balaban J connectivity index is 2.11. The maximum Gasteiger partial charge on any atom is 0.187 e. The second kappa shape index (κ2) is 7.63. The lowest BCUT2D eigenvalue weighted by molar-refractivity contribution is -0.355. The summed E-state index contributed by atoms with van der Waals surface area (Å²) >= 11 is 0. The fraction of sp³-hybridized carbons (Fsp3) is 1.00. The van der Waals surface area contributed by atoms with Gasteiger partial charge in [0, 0.05) is 0 Å². The summed E-state index contributed by atoms with van der Waals surface area (Å²) in [6.45, 7) is -1.35. The van der Waals surface area contributed by atoms with Gasteiger partial charge in [-0.25, -0.2) is 0 Å². The minimum absolute atomic E-state index is 0.667. The minimum atomic E-state index is -1.74. The van der Waals surface area contributed by atoms with E-state index in [1.54, 1.807) is 0 Å². The summed E-state index contributed by atoms with van der Waals surface area (Å²) in [5, 5.41) is 76.5. The van der Waals surface area contributed by atoms with Crippen molar-refractivity contribution in [1.82, 2.24) is 0 Å². The predicted octanol–water partition coefficient (Wildman–Crippen LogP) is -5.40. The van der Waals surface area contributed by atoms with Crippen molar-refractivity contribution in [2.24, 2.45) is 0 Å². The molecule has 0 aromatic heterocycles. The molecule has 23 heavy (non-hydrogen) atoms. The number of rotatable bonds is 4. The number of hydrogen-bond acceptors (Lipinski definition) is 11. The molecule has 0 bridgehead atoms. The summed E-state index contributed by atoms with van der Waals surface area (Å²) in [6, 6.07) is 0. The van der Waals surface area contributed by atoms with E-state index in [0.29, 0.717) is 0 Å². The van der Waals surface area contributed by atoms with Crippen molar-refractivity contribution < 1.29 is 55.1 Å². The van der Waals surface area contributed by atoms with Crippen molar-refractivity contribution in [3.8, 4) is 0 Å². The molecule has 0 aromatic carbocycles. The molecule has 8 N–H and O–H groups in total. The summed E-state index contributed by atoms with van der Waals surface area (Å²) in [5.74, 6) is 0. The highest BCUT2D eigenvalue weighted by molar-refractivity contribution is 4.93. The molecule has 0 unspecified atom stereocenters. The largest absolute Gasteiger partial charge is 0.394 e. The third-order valence-electron chi connectivity index (χ3n) is 3.98. The van der Waals surface area contributed by atoms with Gasteiger partial charge in [-0.05, 0) is 0 Å². The summed E-state index contributed by atoms with van der Waals surface area (Å²) in [4.78, 5) is 0. The normalized spacial score (nSPS) is 51.7. The molecule has 2 heterocycles. The average Bonchev–Trinajstić information content (AvgIpc) is 2.55. The van der Waals surface area contributed by atoms with E-state index in [1.807, 2.05) is 0 Å². The number of aliphatic hydroxyl groups is 8. The van der Waals surface area contributed by atoms with Crippen LogP contribution in [0.25, 0.3) is 0 Å². The lowest BCUT2D eigenvalue weighted by atomic mass is 9.97. The molecule has 2 fully saturated rings. The van der Waals surface area contributed by atoms with Gasteiger partial charge in [-0.2, -0.15) is 0 Å². The van der Waals surface area contributed by atoms with Crippen LogP contribution >= 0.6 is 0 Å². The monoisotopic (exact) mass is 342 g/mol. The molecule has 2 rings (SSSR count). The van der Waals surface area contributed by atoms with Crippen molar-refractivity contribution in [1.29, 1.82) is 0 Å². The molecule has 2 saturated heterocycles. The molecule has 0 saturated carbocycles. The summed E-state index contributed by atoms with van der Waals surface area (Å²) in [5.41, 5.74) is 0. The van der Waals surface area contributed by atoms with Gasteiger partial charge in [0.1, 0.15) is 48.8 Å². The smallest absolute Gasteiger partial charge is 0.187 e. The van der Waals surface area contributed by atoms with Crippen LogP contribution in [0.3, 0.4) is 0 Å². The molecule has 2 aliphatic rings. The molecule has 2 aliphatic heterocycles. The number of ether oxygens (including phenoxy) is 3. The first-order chi connectivity index (χ1) is 10.8. The molecular weight excluding hydrogens is 320 g/mol. The van der Waals surface area contributed by atoms with Crippen LogP contribution in [0.5, 0.6) is 0 Å². The zero-order chi connectivity index (χ0) is 17.3. The highest BCUT2D eigenvalue weighted by Crippen LogP contribution is 2.28. The Morgan fingerprint density at radius 1 is 0.652 bits per heavy atom. The maximum absolute atomic E-state index is 9.94. The van der Waals surface area contributed by atoms with E-state index in [2.05, 4.69) is 0 Å². The van der Waals surface area contributed by atoms with Crippen LogP contribution < -0.4 is 0 Å². The highest BCUT2D eigenvalue weighted by Gasteiger charge is 2.50. The van der Waals surface area contributed by atoms with Gasteiger partial charge in [0.25, 0.3) is 0 Å². The van der Waals surface area contributed by atoms with Crippen LogP contribution in [-0.4, -0.2) is 115 Å². The lowest BCUT2D eigenvalue weighted by Gasteiger charge is -2.45. The Bertz CT molecular complexity index is 378. The fourth-order valence-corrected chi connectivity index (χ4v) is 2.57. The Labute approximate surface area is 130 Å². The SMILES string of the molecule is OC[C@H]1O[C@@H](O[C@H]2[C@@H](O)[C@@H](O)[C@H](O)O[C@@H]2CO)[C@H](O)[C@@H](O)[C@H]1O. The highest BCUT2D eigenvalue weighted by atomic mass is 16.7. The van der Waals surface area contributed by atoms with E-state index in [1.165, 1.54) is 0 Å². The molecule has 136 valence electrons. The fourth-order valence-electron chi connectivity index (χ4n) is 2.57. The van der Waals surface area contributed by atoms with Crippen molar-refractivity contribution >= 4 is 0 Å². The van der Waals surface area contributed by atoms with Crippen molar-refractivity contribution in [3.05, 3.63) is 0 Å². The van der Waals surface area contributed by atoms with E-state index in [9.17, 15) is 35.7 Å². The quantitative estimate of drug-likeness (QED) is 0.243. The van der Waals surface area contributed by atoms with Crippen LogP contribution in [0.1, 0.15) is 0 Å². The molecule has 11 heteroatoms. The molecular formula is C12H22O11. The predicted molar refractivity (Wildman–Crippen MR) is 68.6 cm³/mol. The van der Waals surface area contributed by atoms with E-state index in [-0.39, 0.29) is 0 Å². The lowest BCUT2D eigenvalue weighted by Crippen LogP contribution is -2.64. The van der Waals surface area contributed by atoms with E-state index in [4.69, 9.17) is 19.3 Å². The minimum Gasteiger partial charge on any atom is -0.394 e. The Hall–Kier alpha value is -0.440. The Morgan fingerprint density at radius 2 is 1.26 bits per heavy atom. The van der Waals surface area contributed by atoms with Crippen molar-refractivity contribution in [3.63, 3.8) is 0 Å². The van der Waals surface area contributed by atoms with Crippen LogP contribution in [0, 0.1) is 0 Å². The van der Waals surface area contributed by atoms with E-state index < -0.39 is 74.6 Å². The maximum atomic E-state index is 9.94. The van der Waals surface area contributed by atoms with Crippen LogP contribution in [0.2, 0.25) is 0 Å². The zero-order valence-electron chi connectivity index (χ0n) is 12.0.